The van der Waals surface area contributed by atoms with Crippen molar-refractivity contribution in [3.8, 4) is 22.6 Å². The van der Waals surface area contributed by atoms with E-state index in [4.69, 9.17) is 0 Å². The summed E-state index contributed by atoms with van der Waals surface area (Å²) in [4.78, 5) is 25.9. The van der Waals surface area contributed by atoms with Gasteiger partial charge >= 0.3 is 0 Å². The zero-order chi connectivity index (χ0) is 24.6. The fourth-order valence-corrected chi connectivity index (χ4v) is 3.88. The molecule has 0 spiro atoms. The number of rotatable bonds is 5. The van der Waals surface area contributed by atoms with Crippen LogP contribution in [0.3, 0.4) is 0 Å². The molecule has 9 heteroatoms. The molecule has 0 aliphatic carbocycles. The van der Waals surface area contributed by atoms with Crippen molar-refractivity contribution in [2.45, 2.75) is 12.8 Å². The Morgan fingerprint density at radius 2 is 1.80 bits per heavy atom. The van der Waals surface area contributed by atoms with E-state index in [-0.39, 0.29) is 5.56 Å². The van der Waals surface area contributed by atoms with Gasteiger partial charge in [-0.3, -0.25) is 14.2 Å². The highest BCUT2D eigenvalue weighted by Gasteiger charge is 2.30. The standard InChI is InChI=1S/C26H18F3N5O/c1-26(28,29)21-9-4-16(13-20(21)25(35)33-18-7-5-17(27)6-8-18)19-3-2-12-34-23(19)15-32-24(34)22-14-30-10-11-31-22/h2-15H,1H3,(H,33,35). The Morgan fingerprint density at radius 1 is 1.00 bits per heavy atom. The van der Waals surface area contributed by atoms with Crippen LogP contribution >= 0.6 is 0 Å². The van der Waals surface area contributed by atoms with Crippen LogP contribution in [0.2, 0.25) is 0 Å². The molecule has 0 aliphatic heterocycles. The molecule has 5 rings (SSSR count). The Labute approximate surface area is 198 Å². The van der Waals surface area contributed by atoms with Crippen LogP contribution in [0.1, 0.15) is 22.8 Å². The Bertz CT molecular complexity index is 1530. The first-order valence-electron chi connectivity index (χ1n) is 10.6. The minimum Gasteiger partial charge on any atom is -0.322 e. The molecule has 0 bridgehead atoms. The number of nitrogens with zero attached hydrogens (tertiary/aromatic N) is 4. The molecule has 174 valence electrons. The van der Waals surface area contributed by atoms with Gasteiger partial charge in [-0.25, -0.2) is 23.1 Å². The molecular formula is C26H18F3N5O. The number of aromatic nitrogens is 4. The normalized spacial score (nSPS) is 11.5. The Hall–Kier alpha value is -4.53. The summed E-state index contributed by atoms with van der Waals surface area (Å²) < 4.78 is 43.8. The molecule has 0 saturated heterocycles. The summed E-state index contributed by atoms with van der Waals surface area (Å²) in [6.45, 7) is 0.738. The highest BCUT2D eigenvalue weighted by Crippen LogP contribution is 2.35. The second-order valence-corrected chi connectivity index (χ2v) is 7.96. The SMILES string of the molecule is CC(F)(F)c1ccc(-c2cccn3c(-c4cnccn4)ncc23)cc1C(=O)Nc1ccc(F)cc1. The van der Waals surface area contributed by atoms with E-state index in [1.165, 1.54) is 36.4 Å². The predicted molar refractivity (Wildman–Crippen MR) is 126 cm³/mol. The lowest BCUT2D eigenvalue weighted by atomic mass is 9.95. The van der Waals surface area contributed by atoms with Gasteiger partial charge in [-0.2, -0.15) is 0 Å². The molecule has 0 saturated carbocycles. The topological polar surface area (TPSA) is 72.2 Å². The summed E-state index contributed by atoms with van der Waals surface area (Å²) >= 11 is 0. The predicted octanol–water partition coefficient (Wildman–Crippen LogP) is 5.96. The molecule has 3 heterocycles. The van der Waals surface area contributed by atoms with E-state index < -0.39 is 23.2 Å². The Balaban J connectivity index is 1.60. The van der Waals surface area contributed by atoms with Gasteiger partial charge in [-0.05, 0) is 42.0 Å². The smallest absolute Gasteiger partial charge is 0.271 e. The number of anilines is 1. The van der Waals surface area contributed by atoms with Crippen molar-refractivity contribution in [1.82, 2.24) is 19.4 Å². The summed E-state index contributed by atoms with van der Waals surface area (Å²) in [6.07, 6.45) is 8.19. The molecule has 35 heavy (non-hydrogen) atoms. The third-order valence-corrected chi connectivity index (χ3v) is 5.51. The van der Waals surface area contributed by atoms with Crippen molar-refractivity contribution < 1.29 is 18.0 Å². The molecule has 1 amide bonds. The van der Waals surface area contributed by atoms with Crippen LogP contribution in [0.25, 0.3) is 28.2 Å². The first-order valence-corrected chi connectivity index (χ1v) is 10.6. The van der Waals surface area contributed by atoms with Crippen LogP contribution in [0.4, 0.5) is 18.9 Å². The zero-order valence-corrected chi connectivity index (χ0v) is 18.4. The number of nitrogens with one attached hydrogen (secondary N) is 1. The largest absolute Gasteiger partial charge is 0.322 e. The van der Waals surface area contributed by atoms with Gasteiger partial charge in [-0.1, -0.05) is 18.2 Å². The van der Waals surface area contributed by atoms with Gasteiger partial charge in [0.05, 0.1) is 17.9 Å². The number of alkyl halides is 2. The quantitative estimate of drug-likeness (QED) is 0.342. The fraction of sp³-hybridized carbons (Fsp3) is 0.0769. The summed E-state index contributed by atoms with van der Waals surface area (Å²) in [5, 5.41) is 2.57. The number of hydrogen-bond donors (Lipinski definition) is 1. The number of imidazole rings is 1. The fourth-order valence-electron chi connectivity index (χ4n) is 3.88. The van der Waals surface area contributed by atoms with Crippen LogP contribution < -0.4 is 5.32 Å². The van der Waals surface area contributed by atoms with Crippen LogP contribution in [0.5, 0.6) is 0 Å². The van der Waals surface area contributed by atoms with E-state index in [0.717, 1.165) is 6.92 Å². The lowest BCUT2D eigenvalue weighted by Crippen LogP contribution is -2.19. The molecule has 1 N–H and O–H groups in total. The number of fused-ring (bicyclic) bond motifs is 1. The summed E-state index contributed by atoms with van der Waals surface area (Å²) in [5.74, 6) is -3.88. The molecular weight excluding hydrogens is 455 g/mol. The third kappa shape index (κ3) is 4.35. The van der Waals surface area contributed by atoms with Crippen molar-refractivity contribution in [2.24, 2.45) is 0 Å². The van der Waals surface area contributed by atoms with Crippen LogP contribution in [-0.4, -0.2) is 25.3 Å². The van der Waals surface area contributed by atoms with Gasteiger partial charge in [0.2, 0.25) is 0 Å². The Kier molecular flexibility index (Phi) is 5.52. The lowest BCUT2D eigenvalue weighted by Gasteiger charge is -2.17. The molecule has 6 nitrogen and oxygen atoms in total. The first-order chi connectivity index (χ1) is 16.8. The van der Waals surface area contributed by atoms with Gasteiger partial charge in [0.1, 0.15) is 11.5 Å². The third-order valence-electron chi connectivity index (χ3n) is 5.51. The van der Waals surface area contributed by atoms with Crippen LogP contribution in [0, 0.1) is 5.82 Å². The van der Waals surface area contributed by atoms with Crippen LogP contribution in [0.15, 0.2) is 85.6 Å². The Morgan fingerprint density at radius 3 is 2.51 bits per heavy atom. The molecule has 3 aromatic heterocycles. The number of carbonyl (C=O) groups is 1. The number of hydrogen-bond acceptors (Lipinski definition) is 4. The van der Waals surface area contributed by atoms with E-state index in [1.54, 1.807) is 36.9 Å². The maximum Gasteiger partial charge on any atom is 0.271 e. The average Bonchev–Trinajstić information content (AvgIpc) is 3.29. The highest BCUT2D eigenvalue weighted by atomic mass is 19.3. The van der Waals surface area contributed by atoms with E-state index in [2.05, 4.69) is 20.3 Å². The first kappa shape index (κ1) is 22.3. The minimum absolute atomic E-state index is 0.185. The van der Waals surface area contributed by atoms with Gasteiger partial charge in [0.15, 0.2) is 5.82 Å². The average molecular weight is 473 g/mol. The highest BCUT2D eigenvalue weighted by molar-refractivity contribution is 6.06. The summed E-state index contributed by atoms with van der Waals surface area (Å²) in [5.41, 5.74) is 2.21. The van der Waals surface area contributed by atoms with E-state index >= 15 is 0 Å². The number of halogens is 3. The second-order valence-electron chi connectivity index (χ2n) is 7.96. The monoisotopic (exact) mass is 473 g/mol. The van der Waals surface area contributed by atoms with E-state index in [0.29, 0.717) is 33.8 Å². The molecule has 5 aromatic rings. The molecule has 0 aliphatic rings. The number of carbonyl (C=O) groups excluding carboxylic acids is 1. The molecule has 0 unspecified atom stereocenters. The second kappa shape index (κ2) is 8.68. The van der Waals surface area contributed by atoms with Crippen molar-refractivity contribution in [3.05, 3.63) is 103 Å². The van der Waals surface area contributed by atoms with E-state index in [1.807, 2.05) is 16.7 Å². The maximum atomic E-state index is 14.4. The van der Waals surface area contributed by atoms with Crippen molar-refractivity contribution in [3.63, 3.8) is 0 Å². The van der Waals surface area contributed by atoms with Gasteiger partial charge < -0.3 is 5.32 Å². The number of pyridine rings is 1. The summed E-state index contributed by atoms with van der Waals surface area (Å²) in [7, 11) is 0. The van der Waals surface area contributed by atoms with Crippen molar-refractivity contribution >= 4 is 17.1 Å². The van der Waals surface area contributed by atoms with Crippen LogP contribution in [-0.2, 0) is 5.92 Å². The molecule has 0 fully saturated rings. The molecule has 2 aromatic carbocycles. The van der Waals surface area contributed by atoms with Crippen molar-refractivity contribution in [1.29, 1.82) is 0 Å². The van der Waals surface area contributed by atoms with Gasteiger partial charge in [0.25, 0.3) is 11.8 Å². The molecule has 0 atom stereocenters. The minimum atomic E-state index is -3.25. The number of amides is 1. The lowest BCUT2D eigenvalue weighted by molar-refractivity contribution is 0.0165. The van der Waals surface area contributed by atoms with E-state index in [9.17, 15) is 18.0 Å². The van der Waals surface area contributed by atoms with Crippen molar-refractivity contribution in [2.75, 3.05) is 5.32 Å². The van der Waals surface area contributed by atoms with Gasteiger partial charge in [-0.15, -0.1) is 0 Å². The maximum absolute atomic E-state index is 14.4. The zero-order valence-electron chi connectivity index (χ0n) is 18.4. The summed E-state index contributed by atoms with van der Waals surface area (Å²) in [6, 6.07) is 12.9. The molecule has 0 radical (unpaired) electrons. The van der Waals surface area contributed by atoms with Gasteiger partial charge in [0, 0.05) is 47.9 Å². The number of benzene rings is 2.